The van der Waals surface area contributed by atoms with Gasteiger partial charge in [-0.15, -0.1) is 0 Å². The number of benzene rings is 1. The van der Waals surface area contributed by atoms with Crippen LogP contribution in [0.2, 0.25) is 0 Å². The number of carbonyl (C=O) groups excluding carboxylic acids is 2. The maximum atomic E-state index is 12.4. The van der Waals surface area contributed by atoms with Crippen molar-refractivity contribution in [3.8, 4) is 0 Å². The lowest BCUT2D eigenvalue weighted by Gasteiger charge is -2.25. The number of piperidine rings is 1. The van der Waals surface area contributed by atoms with E-state index in [-0.39, 0.29) is 23.1 Å². The summed E-state index contributed by atoms with van der Waals surface area (Å²) in [4.78, 5) is 28.1. The van der Waals surface area contributed by atoms with Crippen molar-refractivity contribution in [2.75, 3.05) is 6.54 Å². The van der Waals surface area contributed by atoms with E-state index in [9.17, 15) is 9.59 Å². The maximum absolute atomic E-state index is 12.4. The van der Waals surface area contributed by atoms with E-state index < -0.39 is 0 Å². The molecule has 1 saturated heterocycles. The molecule has 1 aromatic rings. The molecule has 0 N–H and O–H groups in total. The molecule has 19 heavy (non-hydrogen) atoms. The van der Waals surface area contributed by atoms with Crippen molar-refractivity contribution in [1.82, 2.24) is 4.90 Å². The first-order valence-electron chi connectivity index (χ1n) is 6.14. The zero-order valence-electron chi connectivity index (χ0n) is 10.7. The topological polar surface area (TPSA) is 86.1 Å². The summed E-state index contributed by atoms with van der Waals surface area (Å²) < 4.78 is 0. The zero-order valence-corrected chi connectivity index (χ0v) is 10.7. The molecular weight excluding hydrogens is 244 g/mol. The Morgan fingerprint density at radius 3 is 2.89 bits per heavy atom. The molecule has 0 saturated carbocycles. The maximum Gasteiger partial charge on any atom is 0.260 e. The first-order chi connectivity index (χ1) is 9.13. The smallest absolute Gasteiger partial charge is 0.260 e. The first kappa shape index (κ1) is 13.1. The van der Waals surface area contributed by atoms with E-state index in [1.807, 2.05) is 6.92 Å². The largest absolute Gasteiger partial charge is 0.279 e. The molecule has 1 heterocycles. The minimum atomic E-state index is -0.379. The van der Waals surface area contributed by atoms with Gasteiger partial charge in [-0.3, -0.25) is 14.5 Å². The quantitative estimate of drug-likeness (QED) is 0.353. The van der Waals surface area contributed by atoms with Crippen LogP contribution >= 0.6 is 0 Å². The van der Waals surface area contributed by atoms with Gasteiger partial charge in [0.2, 0.25) is 5.91 Å². The fourth-order valence-electron chi connectivity index (χ4n) is 2.12. The monoisotopic (exact) mass is 258 g/mol. The van der Waals surface area contributed by atoms with Gasteiger partial charge in [-0.25, -0.2) is 0 Å². The molecule has 1 fully saturated rings. The fourth-order valence-corrected chi connectivity index (χ4v) is 2.12. The van der Waals surface area contributed by atoms with Crippen LogP contribution in [0.1, 0.15) is 35.2 Å². The Hall–Kier alpha value is -2.33. The second-order valence-corrected chi connectivity index (χ2v) is 4.52. The molecule has 0 bridgehead atoms. The van der Waals surface area contributed by atoms with E-state index in [2.05, 4.69) is 10.0 Å². The standard InChI is InChI=1S/C13H14N4O2/c1-9-5-6-11(15-16-14)10(8-9)13(19)17-7-3-2-4-12(17)18/h5-6,8H,2-4,7H2,1H3. The van der Waals surface area contributed by atoms with Crippen molar-refractivity contribution in [2.24, 2.45) is 5.11 Å². The van der Waals surface area contributed by atoms with Crippen LogP contribution in [0, 0.1) is 6.92 Å². The highest BCUT2D eigenvalue weighted by atomic mass is 16.2. The summed E-state index contributed by atoms with van der Waals surface area (Å²) in [5, 5.41) is 3.51. The average molecular weight is 258 g/mol. The van der Waals surface area contributed by atoms with Gasteiger partial charge in [0.1, 0.15) is 0 Å². The molecular formula is C13H14N4O2. The number of hydrogen-bond acceptors (Lipinski definition) is 3. The molecule has 0 aliphatic carbocycles. The van der Waals surface area contributed by atoms with Crippen LogP contribution in [0.15, 0.2) is 23.3 Å². The number of azide groups is 1. The van der Waals surface area contributed by atoms with Gasteiger partial charge in [-0.05, 0) is 31.4 Å². The van der Waals surface area contributed by atoms with Gasteiger partial charge in [-0.1, -0.05) is 22.8 Å². The Morgan fingerprint density at radius 2 is 2.21 bits per heavy atom. The molecule has 0 unspecified atom stereocenters. The van der Waals surface area contributed by atoms with Gasteiger partial charge in [0.15, 0.2) is 0 Å². The van der Waals surface area contributed by atoms with Gasteiger partial charge in [0.05, 0.1) is 5.69 Å². The third-order valence-electron chi connectivity index (χ3n) is 3.10. The summed E-state index contributed by atoms with van der Waals surface area (Å²) in [5.74, 6) is -0.541. The number of imide groups is 1. The molecule has 0 spiro atoms. The molecule has 1 aliphatic rings. The molecule has 0 aromatic heterocycles. The molecule has 1 aliphatic heterocycles. The van der Waals surface area contributed by atoms with Crippen molar-refractivity contribution < 1.29 is 9.59 Å². The lowest BCUT2D eigenvalue weighted by molar-refractivity contribution is -0.130. The summed E-state index contributed by atoms with van der Waals surface area (Å²) in [6.07, 6.45) is 2.04. The molecule has 2 rings (SSSR count). The van der Waals surface area contributed by atoms with Crippen molar-refractivity contribution >= 4 is 17.5 Å². The number of nitrogens with zero attached hydrogens (tertiary/aromatic N) is 4. The van der Waals surface area contributed by atoms with Crippen LogP contribution < -0.4 is 0 Å². The highest BCUT2D eigenvalue weighted by Crippen LogP contribution is 2.24. The van der Waals surface area contributed by atoms with E-state index in [1.165, 1.54) is 4.90 Å². The summed E-state index contributed by atoms with van der Waals surface area (Å²) >= 11 is 0. The molecule has 0 atom stereocenters. The third-order valence-corrected chi connectivity index (χ3v) is 3.10. The average Bonchev–Trinajstić information content (AvgIpc) is 2.41. The van der Waals surface area contributed by atoms with Gasteiger partial charge in [-0.2, -0.15) is 0 Å². The zero-order chi connectivity index (χ0) is 13.8. The van der Waals surface area contributed by atoms with Crippen LogP contribution in [-0.4, -0.2) is 23.3 Å². The second-order valence-electron chi connectivity index (χ2n) is 4.52. The molecule has 98 valence electrons. The summed E-state index contributed by atoms with van der Waals surface area (Å²) in [5.41, 5.74) is 9.95. The van der Waals surface area contributed by atoms with Gasteiger partial charge >= 0.3 is 0 Å². The normalized spacial score (nSPS) is 15.0. The van der Waals surface area contributed by atoms with Crippen LogP contribution in [0.4, 0.5) is 5.69 Å². The first-order valence-corrected chi connectivity index (χ1v) is 6.14. The summed E-state index contributed by atoms with van der Waals surface area (Å²) in [7, 11) is 0. The molecule has 1 aromatic carbocycles. The lowest BCUT2D eigenvalue weighted by atomic mass is 10.1. The molecule has 0 radical (unpaired) electrons. The molecule has 6 heteroatoms. The minimum absolute atomic E-state index is 0.162. The van der Waals surface area contributed by atoms with E-state index in [1.54, 1.807) is 18.2 Å². The van der Waals surface area contributed by atoms with Crippen LogP contribution in [0.25, 0.3) is 10.4 Å². The highest BCUT2D eigenvalue weighted by Gasteiger charge is 2.26. The van der Waals surface area contributed by atoms with Crippen molar-refractivity contribution in [3.05, 3.63) is 39.8 Å². The molecule has 6 nitrogen and oxygen atoms in total. The second kappa shape index (κ2) is 5.54. The Kier molecular flexibility index (Phi) is 3.82. The van der Waals surface area contributed by atoms with E-state index in [4.69, 9.17) is 5.53 Å². The number of hydrogen-bond donors (Lipinski definition) is 0. The van der Waals surface area contributed by atoms with Gasteiger partial charge < -0.3 is 0 Å². The predicted molar refractivity (Wildman–Crippen MR) is 69.9 cm³/mol. The number of rotatable bonds is 2. The van der Waals surface area contributed by atoms with E-state index >= 15 is 0 Å². The number of carbonyl (C=O) groups is 2. The molecule has 2 amide bonds. The SMILES string of the molecule is Cc1ccc(N=[N+]=[N-])c(C(=O)N2CCCCC2=O)c1. The van der Waals surface area contributed by atoms with Crippen molar-refractivity contribution in [2.45, 2.75) is 26.2 Å². The summed E-state index contributed by atoms with van der Waals surface area (Å²) in [6, 6.07) is 5.00. The van der Waals surface area contributed by atoms with Crippen LogP contribution in [-0.2, 0) is 4.79 Å². The third kappa shape index (κ3) is 2.74. The van der Waals surface area contributed by atoms with E-state index in [0.717, 1.165) is 18.4 Å². The van der Waals surface area contributed by atoms with Gasteiger partial charge in [0.25, 0.3) is 5.91 Å². The number of likely N-dealkylation sites (tertiary alicyclic amines) is 1. The Labute approximate surface area is 110 Å². The number of aryl methyl sites for hydroxylation is 1. The number of amides is 2. The highest BCUT2D eigenvalue weighted by molar-refractivity contribution is 6.07. The van der Waals surface area contributed by atoms with Crippen LogP contribution in [0.5, 0.6) is 0 Å². The predicted octanol–water partition coefficient (Wildman–Crippen LogP) is 3.09. The van der Waals surface area contributed by atoms with Crippen molar-refractivity contribution in [3.63, 3.8) is 0 Å². The van der Waals surface area contributed by atoms with Crippen molar-refractivity contribution in [1.29, 1.82) is 0 Å². The summed E-state index contributed by atoms with van der Waals surface area (Å²) in [6.45, 7) is 2.27. The van der Waals surface area contributed by atoms with E-state index in [0.29, 0.717) is 13.0 Å². The Bertz CT molecular complexity index is 576. The minimum Gasteiger partial charge on any atom is -0.279 e. The Balaban J connectivity index is 2.39. The fraction of sp³-hybridized carbons (Fsp3) is 0.385. The van der Waals surface area contributed by atoms with Gasteiger partial charge in [0, 0.05) is 23.4 Å². The Morgan fingerprint density at radius 1 is 1.42 bits per heavy atom. The lowest BCUT2D eigenvalue weighted by Crippen LogP contribution is -2.40. The van der Waals surface area contributed by atoms with Crippen LogP contribution in [0.3, 0.4) is 0 Å².